The minimum absolute atomic E-state index is 0.223. The molecule has 1 aliphatic heterocycles. The van der Waals surface area contributed by atoms with Crippen LogP contribution in [0.2, 0.25) is 5.02 Å². The summed E-state index contributed by atoms with van der Waals surface area (Å²) < 4.78 is 1.42. The molecule has 0 aliphatic carbocycles. The van der Waals surface area contributed by atoms with E-state index in [2.05, 4.69) is 46.8 Å². The molecule has 0 radical (unpaired) electrons. The standard InChI is InChI=1S/C23H27ClN10O/c1-4-27-21-22-29-13-19(26-3)34(22)32-23(31-21)30-17-9-15(11-25)10-18(20(17)24)33-7-5-16(6-8-33)28-12-14(2)35/h9-10,13-14,16,28,35H,4-8,12H2,1-2H3,(H2,27,30,31,32)/t14-/m1/s1. The van der Waals surface area contributed by atoms with Crippen LogP contribution in [0, 0.1) is 17.9 Å². The van der Waals surface area contributed by atoms with E-state index in [0.717, 1.165) is 31.6 Å². The first-order chi connectivity index (χ1) is 16.9. The summed E-state index contributed by atoms with van der Waals surface area (Å²) in [6.45, 7) is 13.8. The lowest BCUT2D eigenvalue weighted by molar-refractivity contribution is 0.183. The van der Waals surface area contributed by atoms with E-state index in [4.69, 9.17) is 18.2 Å². The predicted octanol–water partition coefficient (Wildman–Crippen LogP) is 3.31. The first-order valence-corrected chi connectivity index (χ1v) is 11.9. The van der Waals surface area contributed by atoms with Gasteiger partial charge in [-0.1, -0.05) is 23.3 Å². The zero-order valence-corrected chi connectivity index (χ0v) is 20.3. The molecule has 0 bridgehead atoms. The van der Waals surface area contributed by atoms with E-state index in [0.29, 0.717) is 46.9 Å². The first-order valence-electron chi connectivity index (χ1n) is 11.5. The average molecular weight is 495 g/mol. The molecule has 11 nitrogen and oxygen atoms in total. The minimum atomic E-state index is -0.383. The monoisotopic (exact) mass is 494 g/mol. The quantitative estimate of drug-likeness (QED) is 0.348. The lowest BCUT2D eigenvalue weighted by Crippen LogP contribution is -2.44. The van der Waals surface area contributed by atoms with Crippen LogP contribution >= 0.6 is 11.6 Å². The average Bonchev–Trinajstić information content (AvgIpc) is 3.28. The third-order valence-electron chi connectivity index (χ3n) is 5.77. The molecule has 0 unspecified atom stereocenters. The molecule has 2 aromatic heterocycles. The number of hydrogen-bond acceptors (Lipinski definition) is 9. The molecular weight excluding hydrogens is 468 g/mol. The van der Waals surface area contributed by atoms with Crippen molar-refractivity contribution in [1.29, 1.82) is 5.26 Å². The van der Waals surface area contributed by atoms with Crippen LogP contribution in [-0.4, -0.2) is 63.0 Å². The van der Waals surface area contributed by atoms with Gasteiger partial charge in [-0.05, 0) is 38.8 Å². The lowest BCUT2D eigenvalue weighted by Gasteiger charge is -2.35. The van der Waals surface area contributed by atoms with E-state index in [1.54, 1.807) is 19.1 Å². The Morgan fingerprint density at radius 2 is 2.14 bits per heavy atom. The van der Waals surface area contributed by atoms with Crippen molar-refractivity contribution < 1.29 is 5.11 Å². The molecule has 0 saturated carbocycles. The van der Waals surface area contributed by atoms with Gasteiger partial charge in [0.2, 0.25) is 0 Å². The maximum atomic E-state index is 9.64. The molecule has 1 aromatic carbocycles. The number of anilines is 4. The van der Waals surface area contributed by atoms with Gasteiger partial charge in [0.05, 0.1) is 40.3 Å². The minimum Gasteiger partial charge on any atom is -0.392 e. The van der Waals surface area contributed by atoms with Crippen LogP contribution in [0.1, 0.15) is 32.3 Å². The highest BCUT2D eigenvalue weighted by Gasteiger charge is 2.23. The number of nitrogens with one attached hydrogen (secondary N) is 3. The van der Waals surface area contributed by atoms with E-state index >= 15 is 0 Å². The highest BCUT2D eigenvalue weighted by molar-refractivity contribution is 6.36. The zero-order chi connectivity index (χ0) is 24.9. The second-order valence-corrected chi connectivity index (χ2v) is 8.77. The summed E-state index contributed by atoms with van der Waals surface area (Å²) in [4.78, 5) is 14.4. The summed E-state index contributed by atoms with van der Waals surface area (Å²) in [7, 11) is 0. The lowest BCUT2D eigenvalue weighted by atomic mass is 10.0. The number of aliphatic hydroxyl groups excluding tert-OH is 1. The molecule has 3 heterocycles. The van der Waals surface area contributed by atoms with Crippen LogP contribution in [0.25, 0.3) is 10.5 Å². The molecule has 0 amide bonds. The van der Waals surface area contributed by atoms with Gasteiger partial charge < -0.3 is 30.8 Å². The number of hydrogen-bond donors (Lipinski definition) is 4. The number of nitriles is 1. The van der Waals surface area contributed by atoms with Crippen LogP contribution in [-0.2, 0) is 0 Å². The summed E-state index contributed by atoms with van der Waals surface area (Å²) in [6.07, 6.45) is 2.86. The number of piperidine rings is 1. The second kappa shape index (κ2) is 10.7. The fourth-order valence-corrected chi connectivity index (χ4v) is 4.34. The van der Waals surface area contributed by atoms with Crippen molar-refractivity contribution in [1.82, 2.24) is 24.9 Å². The van der Waals surface area contributed by atoms with Crippen LogP contribution < -0.4 is 20.9 Å². The van der Waals surface area contributed by atoms with Crippen molar-refractivity contribution in [2.45, 2.75) is 38.8 Å². The Bertz CT molecular complexity index is 1280. The van der Waals surface area contributed by atoms with Gasteiger partial charge in [0.15, 0.2) is 5.82 Å². The summed E-state index contributed by atoms with van der Waals surface area (Å²) in [5.74, 6) is 0.967. The van der Waals surface area contributed by atoms with E-state index in [9.17, 15) is 10.4 Å². The Morgan fingerprint density at radius 1 is 1.37 bits per heavy atom. The van der Waals surface area contributed by atoms with Crippen LogP contribution in [0.15, 0.2) is 18.3 Å². The van der Waals surface area contributed by atoms with Crippen molar-refractivity contribution >= 4 is 46.2 Å². The third kappa shape index (κ3) is 5.38. The SMILES string of the molecule is [C-]#[N+]c1cnc2c(NCC)nc(Nc3cc(C#N)cc(N4CCC(NC[C@@H](C)O)CC4)c3Cl)nn12. The molecule has 1 saturated heterocycles. The Labute approximate surface area is 208 Å². The highest BCUT2D eigenvalue weighted by Crippen LogP contribution is 2.37. The number of fused-ring (bicyclic) bond motifs is 1. The van der Waals surface area contributed by atoms with Crippen LogP contribution in [0.3, 0.4) is 0 Å². The van der Waals surface area contributed by atoms with Crippen molar-refractivity contribution in [3.63, 3.8) is 0 Å². The molecule has 182 valence electrons. The van der Waals surface area contributed by atoms with Gasteiger partial charge in [-0.3, -0.25) is 0 Å². The molecule has 1 atom stereocenters. The van der Waals surface area contributed by atoms with E-state index in [-0.39, 0.29) is 17.9 Å². The Balaban J connectivity index is 1.62. The Hall–Kier alpha value is -3.64. The molecule has 12 heteroatoms. The van der Waals surface area contributed by atoms with E-state index in [1.165, 1.54) is 10.7 Å². The van der Waals surface area contributed by atoms with Crippen LogP contribution in [0.5, 0.6) is 0 Å². The number of rotatable bonds is 8. The number of halogens is 1. The van der Waals surface area contributed by atoms with E-state index in [1.807, 2.05) is 6.92 Å². The molecule has 1 aliphatic rings. The molecule has 0 spiro atoms. The van der Waals surface area contributed by atoms with Gasteiger partial charge in [-0.15, -0.1) is 4.52 Å². The predicted molar refractivity (Wildman–Crippen MR) is 136 cm³/mol. The largest absolute Gasteiger partial charge is 0.392 e. The maximum Gasteiger partial charge on any atom is 0.275 e. The second-order valence-electron chi connectivity index (χ2n) is 8.39. The number of aliphatic hydroxyl groups is 1. The molecule has 4 N–H and O–H groups in total. The number of nitrogens with zero attached hydrogens (tertiary/aromatic N) is 7. The van der Waals surface area contributed by atoms with Crippen molar-refractivity contribution in [2.75, 3.05) is 41.7 Å². The molecule has 1 fully saturated rings. The zero-order valence-electron chi connectivity index (χ0n) is 19.6. The maximum absolute atomic E-state index is 9.64. The molecule has 3 aromatic rings. The van der Waals surface area contributed by atoms with Gasteiger partial charge in [0.25, 0.3) is 17.4 Å². The summed E-state index contributed by atoms with van der Waals surface area (Å²) in [5.41, 5.74) is 2.17. The molecule has 35 heavy (non-hydrogen) atoms. The topological polar surface area (TPSA) is 131 Å². The van der Waals surface area contributed by atoms with Gasteiger partial charge in [-0.2, -0.15) is 10.2 Å². The van der Waals surface area contributed by atoms with Crippen molar-refractivity contribution in [2.24, 2.45) is 0 Å². The first kappa shape index (κ1) is 24.5. The number of imidazole rings is 1. The third-order valence-corrected chi connectivity index (χ3v) is 6.17. The van der Waals surface area contributed by atoms with Crippen molar-refractivity contribution in [3.05, 3.63) is 40.3 Å². The molecule has 4 rings (SSSR count). The highest BCUT2D eigenvalue weighted by atomic mass is 35.5. The number of aromatic nitrogens is 4. The van der Waals surface area contributed by atoms with Gasteiger partial charge in [0.1, 0.15) is 0 Å². The molecular formula is C23H27ClN10O. The Kier molecular flexibility index (Phi) is 7.51. The smallest absolute Gasteiger partial charge is 0.275 e. The summed E-state index contributed by atoms with van der Waals surface area (Å²) in [6, 6.07) is 5.98. The number of benzene rings is 1. The normalized spacial score (nSPS) is 15.0. The fraction of sp³-hybridized carbons (Fsp3) is 0.435. The van der Waals surface area contributed by atoms with Gasteiger partial charge in [-0.25, -0.2) is 4.98 Å². The van der Waals surface area contributed by atoms with Crippen molar-refractivity contribution in [3.8, 4) is 6.07 Å². The Morgan fingerprint density at radius 3 is 2.80 bits per heavy atom. The van der Waals surface area contributed by atoms with Crippen LogP contribution in [0.4, 0.5) is 29.0 Å². The fourth-order valence-electron chi connectivity index (χ4n) is 4.06. The summed E-state index contributed by atoms with van der Waals surface area (Å²) in [5, 5.41) is 33.7. The summed E-state index contributed by atoms with van der Waals surface area (Å²) >= 11 is 6.82. The van der Waals surface area contributed by atoms with E-state index < -0.39 is 0 Å². The van der Waals surface area contributed by atoms with Gasteiger partial charge >= 0.3 is 0 Å². The van der Waals surface area contributed by atoms with Gasteiger partial charge in [0, 0.05) is 32.2 Å².